The zero-order valence-corrected chi connectivity index (χ0v) is 49.6. The Kier molecular flexibility index (Phi) is 51.7. The van der Waals surface area contributed by atoms with Crippen LogP contribution in [0.25, 0.3) is 4.13 Å². The minimum atomic E-state index is -6.09. The van der Waals surface area contributed by atoms with E-state index < -0.39 is 63.0 Å². The maximum Gasteiger partial charge on any atom is 0.485 e. The summed E-state index contributed by atoms with van der Waals surface area (Å²) in [5.41, 5.74) is -11.3. The first-order chi connectivity index (χ1) is 29.9. The number of unbranched alkanes of at least 4 members (excludes halogenated alkanes) is 9. The van der Waals surface area contributed by atoms with Gasteiger partial charge in [0.05, 0.1) is 84.0 Å². The minimum absolute atomic E-state index is 0. The van der Waals surface area contributed by atoms with Crippen molar-refractivity contribution in [2.24, 2.45) is 0 Å². The molecule has 21 heteroatoms. The molecule has 0 saturated carbocycles. The van der Waals surface area contributed by atoms with Crippen molar-refractivity contribution in [1.29, 1.82) is 0 Å². The van der Waals surface area contributed by atoms with Gasteiger partial charge in [-0.1, -0.05) is 120 Å². The molecule has 0 saturated heterocycles. The van der Waals surface area contributed by atoms with E-state index in [9.17, 15) is 43.2 Å². The first-order valence-electron chi connectivity index (χ1n) is 24.8. The molecule has 0 aromatic rings. The average molecular weight is 1100 g/mol. The van der Waals surface area contributed by atoms with Crippen LogP contribution in [0.1, 0.15) is 199 Å². The van der Waals surface area contributed by atoms with E-state index in [4.69, 9.17) is 13.0 Å². The summed E-state index contributed by atoms with van der Waals surface area (Å²) in [5, 5.41) is 0. The van der Waals surface area contributed by atoms with E-state index in [1.165, 1.54) is 134 Å². The number of alkyl halides is 6. The number of hydrogen-bond donors (Lipinski definition) is 0. The molecule has 0 aliphatic rings. The molecule has 8 nitrogen and oxygen atoms in total. The predicted octanol–water partition coefficient (Wildman–Crippen LogP) is 13.5. The van der Waals surface area contributed by atoms with Crippen molar-refractivity contribution in [2.45, 2.75) is 210 Å². The largest absolute Gasteiger partial charge is 1.00 e. The third-order valence-corrected chi connectivity index (χ3v) is 30.1. The molecule has 0 N–H and O–H groups in total. The average Bonchev–Trinajstić information content (AvgIpc) is 3.22. The lowest BCUT2D eigenvalue weighted by atomic mass is 10.4. The van der Waals surface area contributed by atoms with Gasteiger partial charge >= 0.3 is 11.0 Å². The van der Waals surface area contributed by atoms with Crippen LogP contribution in [0.3, 0.4) is 0 Å². The predicted molar refractivity (Wildman–Crippen MR) is 279 cm³/mol. The minimum Gasteiger partial charge on any atom is -1.00 e. The molecule has 66 heavy (non-hydrogen) atoms. The van der Waals surface area contributed by atoms with Crippen LogP contribution in [-0.2, 0) is 30.2 Å². The van der Waals surface area contributed by atoms with Crippen LogP contribution in [0, 0.1) is 0 Å². The molecule has 0 unspecified atom stereocenters. The molecule has 0 amide bonds. The van der Waals surface area contributed by atoms with Gasteiger partial charge in [0.15, 0.2) is 20.1 Å². The summed E-state index contributed by atoms with van der Waals surface area (Å²) in [7, 11) is -18.1. The molecule has 0 aromatic carbocycles. The molecular weight excluding hydrogens is 1010 g/mol. The molecule has 0 spiro atoms. The molecule has 0 aromatic heterocycles. The van der Waals surface area contributed by atoms with Gasteiger partial charge in [-0.3, -0.25) is 0 Å². The van der Waals surface area contributed by atoms with Gasteiger partial charge in [-0.2, -0.15) is 26.3 Å². The van der Waals surface area contributed by atoms with Gasteiger partial charge in [-0.05, 0) is 78.6 Å². The van der Waals surface area contributed by atoms with Gasteiger partial charge in [0.25, 0.3) is 0 Å². The van der Waals surface area contributed by atoms with Gasteiger partial charge in [0.1, 0.15) is 0 Å². The highest BCUT2D eigenvalue weighted by atomic mass is 35.5. The highest BCUT2D eigenvalue weighted by Gasteiger charge is 2.40. The molecule has 0 bridgehead atoms. The van der Waals surface area contributed by atoms with E-state index in [1.54, 1.807) is 59.6 Å². The number of rotatable bonds is 32. The Bertz CT molecular complexity index is 1290. The number of hydrogen-bond acceptors (Lipinski definition) is 7. The molecular formula is C45H99ClF6NO7P3S3. The van der Waals surface area contributed by atoms with Gasteiger partial charge < -0.3 is 21.1 Å². The maximum atomic E-state index is 11.4. The van der Waals surface area contributed by atoms with Gasteiger partial charge in [-0.15, -0.1) is 0 Å². The Labute approximate surface area is 412 Å². The summed E-state index contributed by atoms with van der Waals surface area (Å²) in [4.78, 5) is 0. The normalized spacial score (nSPS) is 12.5. The fraction of sp³-hybridized carbons (Fsp3) is 1.00. The molecule has 0 atom stereocenters. The van der Waals surface area contributed by atoms with Gasteiger partial charge in [0, 0.05) is 28.0 Å². The van der Waals surface area contributed by atoms with E-state index in [2.05, 4.69) is 83.1 Å². The highest BCUT2D eigenvalue weighted by Crippen LogP contribution is 2.62. The Morgan fingerprint density at radius 3 is 0.591 bits per heavy atom. The fourth-order valence-corrected chi connectivity index (χ4v) is 22.6. The van der Waals surface area contributed by atoms with Crippen molar-refractivity contribution < 1.29 is 68.6 Å². The quantitative estimate of drug-likeness (QED) is 0.0283. The second kappa shape index (κ2) is 43.5. The second-order valence-corrected chi connectivity index (χ2v) is 36.1. The highest BCUT2D eigenvalue weighted by molar-refractivity contribution is 8.12. The first kappa shape index (κ1) is 78.4. The monoisotopic (exact) mass is 1100 g/mol. The molecule has 408 valence electrons. The molecule has 0 radical (unpaired) electrons. The van der Waals surface area contributed by atoms with E-state index in [1.807, 2.05) is 0 Å². The lowest BCUT2D eigenvalue weighted by molar-refractivity contribution is -0.0518. The SMILES string of the molecule is CCCC[P+](CC)(CCCC)CCCC.CCCC[P+](CC)(CCCC)CCCC.CCCC[P+](CC)(CCCC)CCCC.CS(=O)(=O)[N-]S(=O)(=O)C(F)(F)F.O=S(=O)([O-])C(F)(F)F.[Cl-]. The zero-order chi connectivity index (χ0) is 51.9. The van der Waals surface area contributed by atoms with Crippen molar-refractivity contribution >= 4 is 52.0 Å². The van der Waals surface area contributed by atoms with Crippen molar-refractivity contribution in [3.05, 3.63) is 4.13 Å². The Morgan fingerprint density at radius 2 is 0.530 bits per heavy atom. The second-order valence-electron chi connectivity index (χ2n) is 17.3. The van der Waals surface area contributed by atoms with Gasteiger partial charge in [-0.25, -0.2) is 25.3 Å². The van der Waals surface area contributed by atoms with E-state index in [0.717, 1.165) is 0 Å². The number of nitrogens with zero attached hydrogens (tertiary/aromatic N) is 1. The van der Waals surface area contributed by atoms with Crippen molar-refractivity contribution in [3.8, 4) is 0 Å². The topological polar surface area (TPSA) is 140 Å². The summed E-state index contributed by atoms with van der Waals surface area (Å²) < 4.78 is 135. The summed E-state index contributed by atoms with van der Waals surface area (Å²) >= 11 is 0. The van der Waals surface area contributed by atoms with Crippen LogP contribution in [0.5, 0.6) is 0 Å². The van der Waals surface area contributed by atoms with Crippen LogP contribution in [-0.4, -0.2) is 121 Å². The number of sulfonamides is 2. The molecule has 0 fully saturated rings. The van der Waals surface area contributed by atoms with Crippen molar-refractivity contribution in [3.63, 3.8) is 0 Å². The molecule has 0 aliphatic heterocycles. The van der Waals surface area contributed by atoms with E-state index in [-0.39, 0.29) is 18.7 Å². The fourth-order valence-electron chi connectivity index (χ4n) is 7.09. The lowest BCUT2D eigenvalue weighted by Crippen LogP contribution is -3.00. The van der Waals surface area contributed by atoms with Crippen LogP contribution in [0.2, 0.25) is 0 Å². The van der Waals surface area contributed by atoms with E-state index >= 15 is 0 Å². The molecule has 0 rings (SSSR count). The van der Waals surface area contributed by atoms with Gasteiger partial charge in [0.2, 0.25) is 0 Å². The summed E-state index contributed by atoms with van der Waals surface area (Å²) in [6, 6.07) is 0. The Hall–Kier alpha value is 0.930. The number of halogens is 7. The third kappa shape index (κ3) is 42.6. The summed E-state index contributed by atoms with van der Waals surface area (Å²) in [6.07, 6.45) is 44.8. The van der Waals surface area contributed by atoms with Crippen LogP contribution in [0.15, 0.2) is 0 Å². The smallest absolute Gasteiger partial charge is 0.485 e. The standard InChI is InChI=1S/3C14H32P.C2H3F3NO4S2.CHF3O3S.ClH/c3*1-5-9-12-15(8-4,13-10-6-2)14-11-7-3;1-11(7,8)6-12(9,10)2(3,4)5;2-1(3,4)8(5,6)7;/h3*5-14H2,1-4H3;1H3;(H,5,6,7);1H/q3*+1;-1;;/p-2. The summed E-state index contributed by atoms with van der Waals surface area (Å²) in [5.74, 6) is 0. The summed E-state index contributed by atoms with van der Waals surface area (Å²) in [6.45, 7) is 28.4. The van der Waals surface area contributed by atoms with Crippen molar-refractivity contribution in [2.75, 3.05) is 80.2 Å². The van der Waals surface area contributed by atoms with Crippen molar-refractivity contribution in [1.82, 2.24) is 0 Å². The third-order valence-electron chi connectivity index (χ3n) is 11.7. The van der Waals surface area contributed by atoms with E-state index in [0.29, 0.717) is 0 Å². The molecule has 0 aliphatic carbocycles. The zero-order valence-electron chi connectivity index (χ0n) is 43.7. The van der Waals surface area contributed by atoms with Crippen LogP contribution >= 0.6 is 21.8 Å². The first-order valence-corrected chi connectivity index (χ1v) is 37.0. The van der Waals surface area contributed by atoms with Crippen LogP contribution in [0.4, 0.5) is 26.3 Å². The maximum absolute atomic E-state index is 11.4. The molecule has 0 heterocycles. The Balaban J connectivity index is -0.000000172. The Morgan fingerprint density at radius 1 is 0.379 bits per heavy atom. The van der Waals surface area contributed by atoms with Crippen LogP contribution < -0.4 is 12.4 Å². The lowest BCUT2D eigenvalue weighted by Gasteiger charge is -2.26.